The highest BCUT2D eigenvalue weighted by Gasteiger charge is 2.29. The SMILES string of the molecule is Fc1c(Cl)cc(Cl)cc1C1CO1. The number of halogens is 3. The molecule has 1 nitrogen and oxygen atoms in total. The molecule has 1 aromatic rings. The molecule has 0 aliphatic carbocycles. The minimum atomic E-state index is -0.427. The van der Waals surface area contributed by atoms with E-state index in [2.05, 4.69) is 0 Å². The van der Waals surface area contributed by atoms with E-state index in [1.807, 2.05) is 0 Å². The molecule has 0 bridgehead atoms. The van der Waals surface area contributed by atoms with Gasteiger partial charge in [-0.15, -0.1) is 0 Å². The van der Waals surface area contributed by atoms with Crippen molar-refractivity contribution in [2.45, 2.75) is 6.10 Å². The van der Waals surface area contributed by atoms with Crippen LogP contribution in [-0.4, -0.2) is 6.61 Å². The number of epoxide rings is 1. The molecule has 0 N–H and O–H groups in total. The van der Waals surface area contributed by atoms with Crippen LogP contribution < -0.4 is 0 Å². The Kier molecular flexibility index (Phi) is 1.99. The van der Waals surface area contributed by atoms with Crippen molar-refractivity contribution in [1.29, 1.82) is 0 Å². The highest BCUT2D eigenvalue weighted by atomic mass is 35.5. The lowest BCUT2D eigenvalue weighted by molar-refractivity contribution is 0.408. The third kappa shape index (κ3) is 1.42. The summed E-state index contributed by atoms with van der Waals surface area (Å²) in [5, 5.41) is 0.486. The van der Waals surface area contributed by atoms with Gasteiger partial charge in [0.1, 0.15) is 11.9 Å². The van der Waals surface area contributed by atoms with E-state index in [0.717, 1.165) is 0 Å². The van der Waals surface area contributed by atoms with Crippen LogP contribution in [0.5, 0.6) is 0 Å². The van der Waals surface area contributed by atoms with Crippen LogP contribution in [0.4, 0.5) is 4.39 Å². The Morgan fingerprint density at radius 3 is 2.67 bits per heavy atom. The summed E-state index contributed by atoms with van der Waals surface area (Å²) in [5.74, 6) is -0.427. The first-order valence-electron chi connectivity index (χ1n) is 3.44. The predicted molar refractivity (Wildman–Crippen MR) is 45.1 cm³/mol. The maximum absolute atomic E-state index is 13.2. The van der Waals surface area contributed by atoms with E-state index < -0.39 is 5.82 Å². The van der Waals surface area contributed by atoms with Crippen LogP contribution in [0, 0.1) is 5.82 Å². The normalized spacial score (nSPS) is 21.1. The average Bonchev–Trinajstić information content (AvgIpc) is 2.79. The van der Waals surface area contributed by atoms with Gasteiger partial charge in [-0.1, -0.05) is 23.2 Å². The molecule has 2 rings (SSSR count). The smallest absolute Gasteiger partial charge is 0.147 e. The van der Waals surface area contributed by atoms with Gasteiger partial charge in [0, 0.05) is 10.6 Å². The van der Waals surface area contributed by atoms with Gasteiger partial charge in [0.15, 0.2) is 0 Å². The second kappa shape index (κ2) is 2.87. The molecule has 0 radical (unpaired) electrons. The highest BCUT2D eigenvalue weighted by molar-refractivity contribution is 6.34. The topological polar surface area (TPSA) is 12.5 Å². The molecule has 1 heterocycles. The molecule has 12 heavy (non-hydrogen) atoms. The lowest BCUT2D eigenvalue weighted by Gasteiger charge is -2.01. The summed E-state index contributed by atoms with van der Waals surface area (Å²) in [6, 6.07) is 2.92. The van der Waals surface area contributed by atoms with Crippen molar-refractivity contribution in [3.8, 4) is 0 Å². The molecule has 0 saturated carbocycles. The van der Waals surface area contributed by atoms with Crippen LogP contribution >= 0.6 is 23.2 Å². The van der Waals surface area contributed by atoms with E-state index >= 15 is 0 Å². The molecular weight excluding hydrogens is 202 g/mol. The summed E-state index contributed by atoms with van der Waals surface area (Å²) in [4.78, 5) is 0. The van der Waals surface area contributed by atoms with Gasteiger partial charge in [-0.2, -0.15) is 0 Å². The van der Waals surface area contributed by atoms with Crippen LogP contribution in [0.3, 0.4) is 0 Å². The fourth-order valence-electron chi connectivity index (χ4n) is 1.04. The van der Waals surface area contributed by atoms with E-state index in [-0.39, 0.29) is 11.1 Å². The average molecular weight is 207 g/mol. The zero-order valence-electron chi connectivity index (χ0n) is 5.98. The Balaban J connectivity index is 2.51. The van der Waals surface area contributed by atoms with Gasteiger partial charge in [0.25, 0.3) is 0 Å². The standard InChI is InChI=1S/C8H5Cl2FO/c9-4-1-5(7-3-12-7)8(11)6(10)2-4/h1-2,7H,3H2. The summed E-state index contributed by atoms with van der Waals surface area (Å²) in [6.07, 6.45) is -0.152. The van der Waals surface area contributed by atoms with Crippen molar-refractivity contribution < 1.29 is 9.13 Å². The van der Waals surface area contributed by atoms with Crippen LogP contribution in [0.15, 0.2) is 12.1 Å². The Labute approximate surface area is 79.0 Å². The largest absolute Gasteiger partial charge is 0.368 e. The van der Waals surface area contributed by atoms with Crippen molar-refractivity contribution in [2.75, 3.05) is 6.61 Å². The quantitative estimate of drug-likeness (QED) is 0.508. The van der Waals surface area contributed by atoms with Crippen LogP contribution in [0.1, 0.15) is 11.7 Å². The van der Waals surface area contributed by atoms with E-state index in [0.29, 0.717) is 17.2 Å². The van der Waals surface area contributed by atoms with E-state index in [1.165, 1.54) is 6.07 Å². The molecule has 1 saturated heterocycles. The molecule has 1 unspecified atom stereocenters. The highest BCUT2D eigenvalue weighted by Crippen LogP contribution is 2.36. The second-order valence-corrected chi connectivity index (χ2v) is 3.46. The third-order valence-corrected chi connectivity index (χ3v) is 2.19. The fourth-order valence-corrected chi connectivity index (χ4v) is 1.55. The molecular formula is C8H5Cl2FO. The maximum atomic E-state index is 13.2. The van der Waals surface area contributed by atoms with Gasteiger partial charge >= 0.3 is 0 Å². The van der Waals surface area contributed by atoms with Crippen LogP contribution in [0.2, 0.25) is 10.0 Å². The minimum Gasteiger partial charge on any atom is -0.368 e. The molecule has 1 aliphatic heterocycles. The molecule has 1 aliphatic rings. The van der Waals surface area contributed by atoms with Crippen molar-refractivity contribution in [3.63, 3.8) is 0 Å². The van der Waals surface area contributed by atoms with Crippen molar-refractivity contribution in [1.82, 2.24) is 0 Å². The number of benzene rings is 1. The number of hydrogen-bond donors (Lipinski definition) is 0. The Morgan fingerprint density at radius 1 is 1.42 bits per heavy atom. The predicted octanol–water partition coefficient (Wildman–Crippen LogP) is 3.20. The first kappa shape index (κ1) is 8.30. The summed E-state index contributed by atoms with van der Waals surface area (Å²) < 4.78 is 18.1. The van der Waals surface area contributed by atoms with Crippen molar-refractivity contribution >= 4 is 23.2 Å². The Morgan fingerprint density at radius 2 is 2.08 bits per heavy atom. The zero-order chi connectivity index (χ0) is 8.72. The first-order valence-corrected chi connectivity index (χ1v) is 4.20. The van der Waals surface area contributed by atoms with Crippen LogP contribution in [-0.2, 0) is 4.74 Å². The lowest BCUT2D eigenvalue weighted by atomic mass is 10.1. The zero-order valence-corrected chi connectivity index (χ0v) is 7.49. The molecule has 1 aromatic carbocycles. The van der Waals surface area contributed by atoms with Crippen molar-refractivity contribution in [2.24, 2.45) is 0 Å². The second-order valence-electron chi connectivity index (χ2n) is 2.61. The lowest BCUT2D eigenvalue weighted by Crippen LogP contribution is -1.89. The molecule has 0 amide bonds. The summed E-state index contributed by atoms with van der Waals surface area (Å²) in [6.45, 7) is 0.549. The summed E-state index contributed by atoms with van der Waals surface area (Å²) >= 11 is 11.3. The van der Waals surface area contributed by atoms with Gasteiger partial charge in [0.2, 0.25) is 0 Å². The Hall–Kier alpha value is -0.310. The molecule has 4 heteroatoms. The number of rotatable bonds is 1. The van der Waals surface area contributed by atoms with Gasteiger partial charge < -0.3 is 4.74 Å². The summed E-state index contributed by atoms with van der Waals surface area (Å²) in [7, 11) is 0. The third-order valence-electron chi connectivity index (χ3n) is 1.70. The minimum absolute atomic E-state index is 0.0491. The molecule has 0 spiro atoms. The van der Waals surface area contributed by atoms with E-state index in [1.54, 1.807) is 6.07 Å². The van der Waals surface area contributed by atoms with Gasteiger partial charge in [0.05, 0.1) is 11.6 Å². The molecule has 1 fully saturated rings. The van der Waals surface area contributed by atoms with Gasteiger partial charge in [-0.25, -0.2) is 4.39 Å². The maximum Gasteiger partial charge on any atom is 0.147 e. The molecule has 1 atom stereocenters. The monoisotopic (exact) mass is 206 g/mol. The fraction of sp³-hybridized carbons (Fsp3) is 0.250. The van der Waals surface area contributed by atoms with E-state index in [9.17, 15) is 4.39 Å². The summed E-state index contributed by atoms with van der Waals surface area (Å²) in [5.41, 5.74) is 0.451. The first-order chi connectivity index (χ1) is 5.68. The van der Waals surface area contributed by atoms with Gasteiger partial charge in [-0.05, 0) is 12.1 Å². The Bertz CT molecular complexity index is 323. The van der Waals surface area contributed by atoms with Crippen LogP contribution in [0.25, 0.3) is 0 Å². The number of ether oxygens (including phenoxy) is 1. The molecule has 0 aromatic heterocycles. The van der Waals surface area contributed by atoms with Gasteiger partial charge in [-0.3, -0.25) is 0 Å². The van der Waals surface area contributed by atoms with E-state index in [4.69, 9.17) is 27.9 Å². The number of hydrogen-bond acceptors (Lipinski definition) is 1. The van der Waals surface area contributed by atoms with Crippen molar-refractivity contribution in [3.05, 3.63) is 33.6 Å². The molecule has 64 valence electrons.